The van der Waals surface area contributed by atoms with Gasteiger partial charge in [-0.15, -0.1) is 12.4 Å². The van der Waals surface area contributed by atoms with Gasteiger partial charge in [0.1, 0.15) is 0 Å². The van der Waals surface area contributed by atoms with E-state index in [1.54, 1.807) is 11.1 Å². The molecule has 1 unspecified atom stereocenters. The smallest absolute Gasteiger partial charge is 0.0294 e. The molecule has 1 aromatic rings. The lowest BCUT2D eigenvalue weighted by molar-refractivity contribution is 0.389. The van der Waals surface area contributed by atoms with Gasteiger partial charge in [0.25, 0.3) is 0 Å². The summed E-state index contributed by atoms with van der Waals surface area (Å²) >= 11 is 0. The number of fused-ring (bicyclic) bond motifs is 1. The normalized spacial score (nSPS) is 17.3. The van der Waals surface area contributed by atoms with E-state index in [1.807, 2.05) is 0 Å². The van der Waals surface area contributed by atoms with Gasteiger partial charge in [-0.3, -0.25) is 0 Å². The van der Waals surface area contributed by atoms with Gasteiger partial charge in [0.05, 0.1) is 0 Å². The average Bonchev–Trinajstić information content (AvgIpc) is 2.77. The highest BCUT2D eigenvalue weighted by molar-refractivity contribution is 5.85. The van der Waals surface area contributed by atoms with Crippen LogP contribution in [0.2, 0.25) is 0 Å². The lowest BCUT2D eigenvalue weighted by Crippen LogP contribution is -2.25. The molecule has 0 radical (unpaired) electrons. The maximum Gasteiger partial charge on any atom is 0.0294 e. The van der Waals surface area contributed by atoms with Crippen molar-refractivity contribution in [1.29, 1.82) is 0 Å². The molecule has 3 heteroatoms. The Hall–Kier alpha value is -0.570. The second-order valence-corrected chi connectivity index (χ2v) is 9.56. The average molecular weight is 367 g/mol. The van der Waals surface area contributed by atoms with Gasteiger partial charge in [-0.05, 0) is 86.5 Å². The van der Waals surface area contributed by atoms with E-state index in [2.05, 4.69) is 78.0 Å². The monoisotopic (exact) mass is 366 g/mol. The van der Waals surface area contributed by atoms with Crippen molar-refractivity contribution in [2.24, 2.45) is 0 Å². The van der Waals surface area contributed by atoms with Crippen molar-refractivity contribution in [3.8, 4) is 0 Å². The first-order chi connectivity index (χ1) is 11.0. The largest absolute Gasteiger partial charge is 0.310 e. The fraction of sp³-hybridized carbons (Fsp3) is 0.727. The molecule has 0 aliphatic heterocycles. The minimum Gasteiger partial charge on any atom is -0.310 e. The molecule has 0 aromatic heterocycles. The van der Waals surface area contributed by atoms with E-state index in [0.717, 1.165) is 13.1 Å². The van der Waals surface area contributed by atoms with Crippen LogP contribution in [0.1, 0.15) is 82.7 Å². The Morgan fingerprint density at radius 3 is 2.40 bits per heavy atom. The van der Waals surface area contributed by atoms with Crippen molar-refractivity contribution in [3.63, 3.8) is 0 Å². The molecular weight excluding hydrogens is 328 g/mol. The molecule has 0 bridgehead atoms. The van der Waals surface area contributed by atoms with E-state index in [0.29, 0.717) is 11.5 Å². The van der Waals surface area contributed by atoms with Gasteiger partial charge in [0.2, 0.25) is 0 Å². The quantitative estimate of drug-likeness (QED) is 0.693. The Kier molecular flexibility index (Phi) is 7.56. The van der Waals surface area contributed by atoms with Crippen LogP contribution in [0.4, 0.5) is 0 Å². The lowest BCUT2D eigenvalue weighted by Gasteiger charge is -2.28. The van der Waals surface area contributed by atoms with Crippen LogP contribution in [0.5, 0.6) is 0 Å². The van der Waals surface area contributed by atoms with Crippen LogP contribution in [0, 0.1) is 0 Å². The van der Waals surface area contributed by atoms with Crippen LogP contribution < -0.4 is 5.32 Å². The minimum atomic E-state index is 0. The molecule has 1 aliphatic rings. The fourth-order valence-electron chi connectivity index (χ4n) is 3.79. The Balaban J connectivity index is 0.00000312. The number of nitrogens with one attached hydrogen (secondary N) is 1. The van der Waals surface area contributed by atoms with Gasteiger partial charge >= 0.3 is 0 Å². The van der Waals surface area contributed by atoms with Gasteiger partial charge < -0.3 is 10.2 Å². The van der Waals surface area contributed by atoms with Crippen molar-refractivity contribution >= 4 is 12.4 Å². The lowest BCUT2D eigenvalue weighted by atomic mass is 9.79. The Labute approximate surface area is 162 Å². The van der Waals surface area contributed by atoms with E-state index < -0.39 is 0 Å². The molecule has 0 spiro atoms. The third-order valence-corrected chi connectivity index (χ3v) is 5.58. The molecule has 0 saturated carbocycles. The summed E-state index contributed by atoms with van der Waals surface area (Å²) in [6, 6.07) is 5.39. The molecule has 1 aliphatic carbocycles. The van der Waals surface area contributed by atoms with Gasteiger partial charge in [0, 0.05) is 6.04 Å². The van der Waals surface area contributed by atoms with Crippen molar-refractivity contribution in [3.05, 3.63) is 34.4 Å². The van der Waals surface area contributed by atoms with E-state index in [1.165, 1.54) is 30.4 Å². The standard InChI is InChI=1S/C22H38N2.ClH/c1-16(23-12-9-13-24(7)8)19-14-17(21(2,3)4)15-20-18(19)10-11-22(20,5)6;/h14-16,23H,9-13H2,1-8H3;1H. The van der Waals surface area contributed by atoms with Crippen molar-refractivity contribution in [1.82, 2.24) is 10.2 Å². The molecule has 2 rings (SSSR count). The second kappa shape index (κ2) is 8.41. The fourth-order valence-corrected chi connectivity index (χ4v) is 3.79. The Morgan fingerprint density at radius 2 is 1.84 bits per heavy atom. The zero-order valence-electron chi connectivity index (χ0n) is 17.6. The predicted molar refractivity (Wildman–Crippen MR) is 113 cm³/mol. The van der Waals surface area contributed by atoms with Crippen LogP contribution in [0.3, 0.4) is 0 Å². The summed E-state index contributed by atoms with van der Waals surface area (Å²) < 4.78 is 0. The third-order valence-electron chi connectivity index (χ3n) is 5.58. The molecule has 1 atom stereocenters. The molecule has 0 amide bonds. The zero-order valence-corrected chi connectivity index (χ0v) is 18.4. The summed E-state index contributed by atoms with van der Waals surface area (Å²) in [5.74, 6) is 0. The van der Waals surface area contributed by atoms with Crippen LogP contribution >= 0.6 is 12.4 Å². The van der Waals surface area contributed by atoms with Crippen LogP contribution in [0.15, 0.2) is 12.1 Å². The summed E-state index contributed by atoms with van der Waals surface area (Å²) in [6.07, 6.45) is 3.70. The molecular formula is C22H39ClN2. The number of rotatable bonds is 6. The molecule has 1 aromatic carbocycles. The predicted octanol–water partition coefficient (Wildman–Crippen LogP) is 5.23. The zero-order chi connectivity index (χ0) is 18.1. The number of hydrogen-bond donors (Lipinski definition) is 1. The maximum atomic E-state index is 3.76. The highest BCUT2D eigenvalue weighted by Crippen LogP contribution is 2.43. The van der Waals surface area contributed by atoms with Gasteiger partial charge in [-0.25, -0.2) is 0 Å². The maximum absolute atomic E-state index is 3.76. The van der Waals surface area contributed by atoms with Crippen LogP contribution in [0.25, 0.3) is 0 Å². The van der Waals surface area contributed by atoms with Gasteiger partial charge in [0.15, 0.2) is 0 Å². The molecule has 0 saturated heterocycles. The highest BCUT2D eigenvalue weighted by Gasteiger charge is 2.33. The summed E-state index contributed by atoms with van der Waals surface area (Å²) in [5, 5.41) is 3.76. The van der Waals surface area contributed by atoms with Crippen LogP contribution in [-0.2, 0) is 17.3 Å². The Morgan fingerprint density at radius 1 is 1.20 bits per heavy atom. The van der Waals surface area contributed by atoms with E-state index in [-0.39, 0.29) is 17.8 Å². The second-order valence-electron chi connectivity index (χ2n) is 9.56. The summed E-state index contributed by atoms with van der Waals surface area (Å²) in [4.78, 5) is 2.26. The third kappa shape index (κ3) is 5.45. The number of nitrogens with zero attached hydrogens (tertiary/aromatic N) is 1. The SMILES string of the molecule is CC(NCCCN(C)C)c1cc(C(C)(C)C)cc2c1CCC2(C)C.Cl. The van der Waals surface area contributed by atoms with Gasteiger partial charge in [-0.1, -0.05) is 46.8 Å². The van der Waals surface area contributed by atoms with Crippen LogP contribution in [-0.4, -0.2) is 32.1 Å². The van der Waals surface area contributed by atoms with E-state index >= 15 is 0 Å². The molecule has 144 valence electrons. The van der Waals surface area contributed by atoms with E-state index in [9.17, 15) is 0 Å². The molecule has 0 heterocycles. The highest BCUT2D eigenvalue weighted by atomic mass is 35.5. The summed E-state index contributed by atoms with van der Waals surface area (Å²) in [5.41, 5.74) is 6.73. The minimum absolute atomic E-state index is 0. The number of hydrogen-bond acceptors (Lipinski definition) is 2. The molecule has 2 nitrogen and oxygen atoms in total. The number of halogens is 1. The molecule has 0 fully saturated rings. The van der Waals surface area contributed by atoms with Gasteiger partial charge in [-0.2, -0.15) is 0 Å². The van der Waals surface area contributed by atoms with Crippen molar-refractivity contribution in [2.45, 2.75) is 77.7 Å². The first-order valence-electron chi connectivity index (χ1n) is 9.58. The van der Waals surface area contributed by atoms with Crippen molar-refractivity contribution < 1.29 is 0 Å². The molecule has 1 N–H and O–H groups in total. The summed E-state index contributed by atoms with van der Waals surface area (Å²) in [7, 11) is 4.29. The van der Waals surface area contributed by atoms with E-state index in [4.69, 9.17) is 0 Å². The van der Waals surface area contributed by atoms with Crippen molar-refractivity contribution in [2.75, 3.05) is 27.2 Å². The first-order valence-corrected chi connectivity index (χ1v) is 9.58. The topological polar surface area (TPSA) is 15.3 Å². The molecule has 25 heavy (non-hydrogen) atoms. The number of benzene rings is 1. The first kappa shape index (κ1) is 22.5. The Bertz CT molecular complexity index is 570. The summed E-state index contributed by atoms with van der Waals surface area (Å²) in [6.45, 7) is 16.4.